The fourth-order valence-electron chi connectivity index (χ4n) is 8.73. The predicted octanol–water partition coefficient (Wildman–Crippen LogP) is 15.2. The molecular weight excluding hydrogens is 927 g/mol. The number of ether oxygens (including phenoxy) is 6. The van der Waals surface area contributed by atoms with Gasteiger partial charge in [0.15, 0.2) is 5.70 Å². The molecule has 0 bridgehead atoms. The van der Waals surface area contributed by atoms with Gasteiger partial charge < -0.3 is 38.2 Å². The summed E-state index contributed by atoms with van der Waals surface area (Å²) in [6, 6.07) is 19.8. The molecule has 13 heteroatoms. The van der Waals surface area contributed by atoms with Crippen molar-refractivity contribution in [3.05, 3.63) is 175 Å². The van der Waals surface area contributed by atoms with Crippen LogP contribution in [-0.2, 0) is 15.1 Å². The van der Waals surface area contributed by atoms with Crippen molar-refractivity contribution in [1.82, 2.24) is 0 Å². The normalized spacial score (nSPS) is 16.9. The largest absolute Gasteiger partial charge is 0.505 e. The maximum absolute atomic E-state index is 9.30. The number of benzene rings is 3. The number of methoxy groups -OCH3 is 4. The highest BCUT2D eigenvalue weighted by atomic mass is 16.5. The Morgan fingerprint density at radius 2 is 1.00 bits per heavy atom. The zero-order chi connectivity index (χ0) is 54.4. The zero-order valence-corrected chi connectivity index (χ0v) is 45.6. The molecule has 0 N–H and O–H groups in total. The third-order valence-corrected chi connectivity index (χ3v) is 13.0. The van der Waals surface area contributed by atoms with Crippen molar-refractivity contribution in [2.45, 2.75) is 118 Å². The highest BCUT2D eigenvalue weighted by molar-refractivity contribution is 5.74. The van der Waals surface area contributed by atoms with E-state index >= 15 is 0 Å². The van der Waals surface area contributed by atoms with Crippen molar-refractivity contribution >= 4 is 23.5 Å². The number of unbranched alkanes of at least 4 members (excludes halogenated alkanes) is 4. The van der Waals surface area contributed by atoms with Crippen molar-refractivity contribution in [3.63, 3.8) is 0 Å². The average molecular weight is 1000 g/mol. The van der Waals surface area contributed by atoms with E-state index in [0.717, 1.165) is 106 Å². The number of allylic oxidation sites excluding steroid dienone is 2. The Labute approximate surface area is 441 Å². The van der Waals surface area contributed by atoms with E-state index in [1.54, 1.807) is 55.3 Å². The molecule has 0 radical (unpaired) electrons. The van der Waals surface area contributed by atoms with E-state index in [1.807, 2.05) is 73.7 Å². The van der Waals surface area contributed by atoms with Gasteiger partial charge in [0.1, 0.15) is 45.7 Å². The molecule has 13 nitrogen and oxygen atoms in total. The van der Waals surface area contributed by atoms with Crippen LogP contribution in [0.25, 0.3) is 31.5 Å². The molecule has 0 amide bonds. The molecular formula is C61H73N7O6. The predicted molar refractivity (Wildman–Crippen MR) is 297 cm³/mol. The maximum Gasteiger partial charge on any atom is 0.292 e. The third-order valence-electron chi connectivity index (χ3n) is 13.0. The van der Waals surface area contributed by atoms with Crippen LogP contribution in [0.3, 0.4) is 0 Å². The van der Waals surface area contributed by atoms with Crippen LogP contribution in [0, 0.1) is 37.6 Å². The zero-order valence-electron chi connectivity index (χ0n) is 45.6. The Kier molecular flexibility index (Phi) is 22.3. The van der Waals surface area contributed by atoms with E-state index in [9.17, 15) is 5.26 Å². The quantitative estimate of drug-likeness (QED) is 0.0679. The van der Waals surface area contributed by atoms with Gasteiger partial charge in [0.25, 0.3) is 5.70 Å². The molecule has 388 valence electrons. The van der Waals surface area contributed by atoms with Gasteiger partial charge in [0.05, 0.1) is 71.9 Å². The summed E-state index contributed by atoms with van der Waals surface area (Å²) in [5.41, 5.74) is 4.61. The lowest BCUT2D eigenvalue weighted by Crippen LogP contribution is -2.25. The minimum atomic E-state index is -0.934. The van der Waals surface area contributed by atoms with E-state index in [4.69, 9.17) is 54.7 Å². The number of rotatable bonds is 23. The van der Waals surface area contributed by atoms with Crippen molar-refractivity contribution in [1.29, 1.82) is 5.26 Å². The Morgan fingerprint density at radius 1 is 0.595 bits per heavy atom. The molecule has 3 aromatic rings. The molecule has 2 aliphatic rings. The summed E-state index contributed by atoms with van der Waals surface area (Å²) in [6.45, 7) is 50.3. The minimum Gasteiger partial charge on any atom is -0.505 e. The lowest BCUT2D eigenvalue weighted by atomic mass is 9.87. The molecule has 1 unspecified atom stereocenters. The van der Waals surface area contributed by atoms with Crippen molar-refractivity contribution in [3.8, 4) is 29.1 Å². The number of anilines is 2. The fraction of sp³-hybridized carbons (Fsp3) is 0.426. The molecule has 0 aliphatic carbocycles. The summed E-state index contributed by atoms with van der Waals surface area (Å²) in [5, 5.41) is 9.30. The second-order valence-corrected chi connectivity index (χ2v) is 18.4. The molecule has 0 saturated heterocycles. The molecule has 0 fully saturated rings. The smallest absolute Gasteiger partial charge is 0.292 e. The summed E-state index contributed by atoms with van der Waals surface area (Å²) in [6.07, 6.45) is 16.4. The van der Waals surface area contributed by atoms with E-state index in [0.29, 0.717) is 51.3 Å². The molecule has 0 spiro atoms. The molecule has 3 aromatic carbocycles. The standard InChI is InChI=1S/C33H39N3O3.C28H34N4O3/c1-9-11-20-36(21-12-10-2)26-22-29(37-7)27(30(23-26)38-8)18-19-28-31(35-6)32(24(3)34-5)39-33(28,4)25-16-14-13-15-17-25;1-9-11-15-32(16-12-10-2)20-17-24(33-7)21(25(18-20)34-8)13-14-22-26(31-6)27(23(19-29)30-5)35-28(22,3)4/h13-19,22-23H,9-12,20-21H2,1-4,7-8H3;13-14,17-18H,9-12,15-16H2,1-4,7-8H3/b19-18+,32-24+;14-13+,27-23+. The van der Waals surface area contributed by atoms with Crippen molar-refractivity contribution in [2.75, 3.05) is 64.4 Å². The van der Waals surface area contributed by atoms with Crippen LogP contribution in [0.1, 0.15) is 123 Å². The van der Waals surface area contributed by atoms with Crippen LogP contribution in [0.15, 0.2) is 112 Å². The van der Waals surface area contributed by atoms with Gasteiger partial charge in [0.2, 0.25) is 11.4 Å². The lowest BCUT2D eigenvalue weighted by molar-refractivity contribution is 0.0748. The lowest BCUT2D eigenvalue weighted by Gasteiger charge is -2.28. The second kappa shape index (κ2) is 28.3. The summed E-state index contributed by atoms with van der Waals surface area (Å²) in [5.74, 6) is 3.05. The first-order valence-corrected chi connectivity index (χ1v) is 25.4. The summed E-state index contributed by atoms with van der Waals surface area (Å²) in [7, 11) is 6.57. The highest BCUT2D eigenvalue weighted by Gasteiger charge is 2.43. The third kappa shape index (κ3) is 13.7. The number of nitrogens with zero attached hydrogens (tertiary/aromatic N) is 7. The SMILES string of the molecule is [C-]#[N+]C1=C(/C=C/c2c(OC)cc(N(CCCC)CCCC)cc2OC)C(C)(C)O/C1=C(\C#N)[N+]#[C-].[C-]#[N+]C1=C(/C=C/c2c(OC)cc(N(CCCC)CCCC)cc2OC)C(C)(c2ccccc2)O/C1=C(\C)[N+]#[C-]. The maximum atomic E-state index is 9.30. The Hall–Kier alpha value is -8.05. The molecule has 2 heterocycles. The van der Waals surface area contributed by atoms with Gasteiger partial charge in [-0.3, -0.25) is 0 Å². The monoisotopic (exact) mass is 1000 g/mol. The highest BCUT2D eigenvalue weighted by Crippen LogP contribution is 2.49. The second-order valence-electron chi connectivity index (χ2n) is 18.4. The van der Waals surface area contributed by atoms with Gasteiger partial charge in [-0.1, -0.05) is 95.9 Å². The molecule has 0 aromatic heterocycles. The van der Waals surface area contributed by atoms with E-state index in [-0.39, 0.29) is 17.2 Å². The molecule has 2 aliphatic heterocycles. The first kappa shape index (κ1) is 58.5. The molecule has 74 heavy (non-hydrogen) atoms. The summed E-state index contributed by atoms with van der Waals surface area (Å²) >= 11 is 0. The summed E-state index contributed by atoms with van der Waals surface area (Å²) < 4.78 is 35.5. The van der Waals surface area contributed by atoms with Crippen LogP contribution in [0.2, 0.25) is 0 Å². The van der Waals surface area contributed by atoms with Gasteiger partial charge in [0, 0.05) is 73.0 Å². The average Bonchev–Trinajstić information content (AvgIpc) is 3.87. The van der Waals surface area contributed by atoms with Crippen molar-refractivity contribution in [2.24, 2.45) is 0 Å². The van der Waals surface area contributed by atoms with E-state index < -0.39 is 11.2 Å². The first-order chi connectivity index (χ1) is 35.7. The minimum absolute atomic E-state index is 0.0268. The van der Waals surface area contributed by atoms with Crippen LogP contribution in [0.4, 0.5) is 11.4 Å². The van der Waals surface area contributed by atoms with Gasteiger partial charge in [-0.25, -0.2) is 24.6 Å². The molecule has 5 rings (SSSR count). The van der Waals surface area contributed by atoms with Gasteiger partial charge in [-0.05, 0) is 71.1 Å². The molecule has 0 saturated carbocycles. The van der Waals surface area contributed by atoms with Gasteiger partial charge >= 0.3 is 0 Å². The number of nitriles is 1. The molecule has 1 atom stereocenters. The number of hydrogen-bond donors (Lipinski definition) is 0. The van der Waals surface area contributed by atoms with E-state index in [1.165, 1.54) is 0 Å². The van der Waals surface area contributed by atoms with Gasteiger partial charge in [-0.15, -0.1) is 0 Å². The van der Waals surface area contributed by atoms with E-state index in [2.05, 4.69) is 69.0 Å². The fourth-order valence-corrected chi connectivity index (χ4v) is 8.73. The first-order valence-electron chi connectivity index (χ1n) is 25.4. The van der Waals surface area contributed by atoms with Crippen LogP contribution in [-0.4, -0.2) is 60.2 Å². The van der Waals surface area contributed by atoms with Crippen molar-refractivity contribution < 1.29 is 28.4 Å². The Morgan fingerprint density at radius 3 is 1.35 bits per heavy atom. The van der Waals surface area contributed by atoms with Gasteiger partial charge in [-0.2, -0.15) is 0 Å². The van der Waals surface area contributed by atoms with Crippen LogP contribution < -0.4 is 28.7 Å². The number of hydrogen-bond acceptors (Lipinski definition) is 9. The Bertz CT molecular complexity index is 2770. The Balaban J connectivity index is 0.000000323. The van der Waals surface area contributed by atoms with Crippen LogP contribution >= 0.6 is 0 Å². The van der Waals surface area contributed by atoms with Crippen LogP contribution in [0.5, 0.6) is 23.0 Å². The summed E-state index contributed by atoms with van der Waals surface area (Å²) in [4.78, 5) is 19.0. The topological polar surface area (TPSA) is 103 Å².